The summed E-state index contributed by atoms with van der Waals surface area (Å²) in [5.41, 5.74) is 1.67. The van der Waals surface area contributed by atoms with E-state index in [2.05, 4.69) is 62.4 Å². The Kier molecular flexibility index (Phi) is 7.02. The molecule has 2 N–H and O–H groups in total. The van der Waals surface area contributed by atoms with E-state index in [0.717, 1.165) is 23.5 Å². The maximum Gasteiger partial charge on any atom is 0.191 e. The summed E-state index contributed by atoms with van der Waals surface area (Å²) in [6, 6.07) is 8.59. The number of nitrogens with one attached hydrogen (secondary N) is 2. The summed E-state index contributed by atoms with van der Waals surface area (Å²) in [5.74, 6) is 0.834. The predicted octanol–water partition coefficient (Wildman–Crippen LogP) is 3.45. The van der Waals surface area contributed by atoms with Gasteiger partial charge in [-0.15, -0.1) is 30.6 Å². The zero-order chi connectivity index (χ0) is 13.7. The molecule has 0 aliphatic heterocycles. The van der Waals surface area contributed by atoms with Gasteiger partial charge in [0.1, 0.15) is 0 Å². The zero-order valence-corrected chi connectivity index (χ0v) is 15.6. The third kappa shape index (κ3) is 4.48. The first-order valence-corrected chi connectivity index (χ1v) is 7.31. The highest BCUT2D eigenvalue weighted by Gasteiger charge is 2.44. The number of rotatable bonds is 5. The quantitative estimate of drug-likeness (QED) is 0.312. The first-order valence-electron chi connectivity index (χ1n) is 6.52. The molecule has 0 amide bonds. The van der Waals surface area contributed by atoms with Gasteiger partial charge in [0, 0.05) is 30.0 Å². The minimum absolute atomic E-state index is 0. The van der Waals surface area contributed by atoms with Crippen molar-refractivity contribution in [3.63, 3.8) is 0 Å². The first kappa shape index (κ1) is 17.5. The second-order valence-electron chi connectivity index (χ2n) is 4.89. The SMILES string of the molecule is C=CCNC(=NC)NCC1(c2cccc(Br)c2)CC1.I. The van der Waals surface area contributed by atoms with E-state index in [-0.39, 0.29) is 29.4 Å². The van der Waals surface area contributed by atoms with Crippen molar-refractivity contribution in [2.75, 3.05) is 20.1 Å². The van der Waals surface area contributed by atoms with E-state index in [0.29, 0.717) is 0 Å². The second-order valence-corrected chi connectivity index (χ2v) is 5.80. The number of aliphatic imine (C=N–C) groups is 1. The molecule has 0 radical (unpaired) electrons. The Hall–Kier alpha value is -0.560. The van der Waals surface area contributed by atoms with Gasteiger partial charge >= 0.3 is 0 Å². The maximum absolute atomic E-state index is 4.21. The molecule has 110 valence electrons. The molecular weight excluding hydrogens is 429 g/mol. The van der Waals surface area contributed by atoms with Crippen molar-refractivity contribution in [2.24, 2.45) is 4.99 Å². The summed E-state index contributed by atoms with van der Waals surface area (Å²) in [6.45, 7) is 5.34. The molecule has 0 heterocycles. The van der Waals surface area contributed by atoms with Crippen LogP contribution in [0.4, 0.5) is 0 Å². The molecule has 5 heteroatoms. The first-order chi connectivity index (χ1) is 9.20. The zero-order valence-electron chi connectivity index (χ0n) is 11.7. The number of halogens is 2. The van der Waals surface area contributed by atoms with Gasteiger partial charge in [-0.05, 0) is 30.5 Å². The summed E-state index contributed by atoms with van der Waals surface area (Å²) in [6.07, 6.45) is 4.29. The highest BCUT2D eigenvalue weighted by molar-refractivity contribution is 14.0. The fraction of sp³-hybridized carbons (Fsp3) is 0.400. The Balaban J connectivity index is 0.00000200. The van der Waals surface area contributed by atoms with Crippen LogP contribution in [0.2, 0.25) is 0 Å². The summed E-state index contributed by atoms with van der Waals surface area (Å²) in [5, 5.41) is 6.59. The Morgan fingerprint density at radius 1 is 1.45 bits per heavy atom. The molecule has 0 atom stereocenters. The Morgan fingerprint density at radius 3 is 2.75 bits per heavy atom. The molecule has 1 aliphatic rings. The lowest BCUT2D eigenvalue weighted by Crippen LogP contribution is -2.41. The standard InChI is InChI=1S/C15H20BrN3.HI/c1-3-9-18-14(17-2)19-11-15(7-8-15)12-5-4-6-13(16)10-12;/h3-6,10H,1,7-9,11H2,2H3,(H2,17,18,19);1H. The normalized spacial score (nSPS) is 16.0. The van der Waals surface area contributed by atoms with Gasteiger partial charge in [-0.2, -0.15) is 0 Å². The average Bonchev–Trinajstić information content (AvgIpc) is 3.20. The van der Waals surface area contributed by atoms with Crippen molar-refractivity contribution in [2.45, 2.75) is 18.3 Å². The minimum Gasteiger partial charge on any atom is -0.356 e. The van der Waals surface area contributed by atoms with E-state index >= 15 is 0 Å². The third-order valence-corrected chi connectivity index (χ3v) is 4.02. The molecule has 3 nitrogen and oxygen atoms in total. The summed E-state index contributed by atoms with van der Waals surface area (Å²) < 4.78 is 1.14. The molecule has 20 heavy (non-hydrogen) atoms. The van der Waals surface area contributed by atoms with Crippen molar-refractivity contribution >= 4 is 45.9 Å². The molecule has 0 unspecified atom stereocenters. The summed E-state index contributed by atoms with van der Waals surface area (Å²) in [4.78, 5) is 4.21. The van der Waals surface area contributed by atoms with E-state index < -0.39 is 0 Å². The van der Waals surface area contributed by atoms with Gasteiger partial charge in [0.25, 0.3) is 0 Å². The van der Waals surface area contributed by atoms with Crippen LogP contribution in [-0.2, 0) is 5.41 Å². The van der Waals surface area contributed by atoms with Gasteiger partial charge in [0.2, 0.25) is 0 Å². The molecule has 0 bridgehead atoms. The summed E-state index contributed by atoms with van der Waals surface area (Å²) >= 11 is 3.54. The molecular formula is C15H21BrIN3. The number of hydrogen-bond donors (Lipinski definition) is 2. The predicted molar refractivity (Wildman–Crippen MR) is 100 cm³/mol. The highest BCUT2D eigenvalue weighted by atomic mass is 127. The highest BCUT2D eigenvalue weighted by Crippen LogP contribution is 2.48. The van der Waals surface area contributed by atoms with Gasteiger partial charge in [0.05, 0.1) is 0 Å². The molecule has 1 saturated carbocycles. The van der Waals surface area contributed by atoms with Crippen LogP contribution in [0.15, 0.2) is 46.4 Å². The average molecular weight is 450 g/mol. The van der Waals surface area contributed by atoms with Gasteiger partial charge in [-0.3, -0.25) is 4.99 Å². The summed E-state index contributed by atoms with van der Waals surface area (Å²) in [7, 11) is 1.79. The number of benzene rings is 1. The fourth-order valence-electron chi connectivity index (χ4n) is 2.18. The van der Waals surface area contributed by atoms with Crippen LogP contribution in [0.25, 0.3) is 0 Å². The molecule has 0 saturated heterocycles. The lowest BCUT2D eigenvalue weighted by molar-refractivity contribution is 0.649. The second kappa shape index (κ2) is 8.02. The molecule has 1 aliphatic carbocycles. The fourth-order valence-corrected chi connectivity index (χ4v) is 2.58. The number of hydrogen-bond acceptors (Lipinski definition) is 1. The largest absolute Gasteiger partial charge is 0.356 e. The number of guanidine groups is 1. The van der Waals surface area contributed by atoms with E-state index in [9.17, 15) is 0 Å². The molecule has 1 aromatic carbocycles. The van der Waals surface area contributed by atoms with Crippen molar-refractivity contribution in [1.29, 1.82) is 0 Å². The maximum atomic E-state index is 4.21. The molecule has 0 spiro atoms. The Labute approximate surface area is 146 Å². The van der Waals surface area contributed by atoms with E-state index in [1.54, 1.807) is 7.05 Å². The monoisotopic (exact) mass is 449 g/mol. The van der Waals surface area contributed by atoms with E-state index in [1.807, 2.05) is 6.08 Å². The van der Waals surface area contributed by atoms with Crippen molar-refractivity contribution in [3.8, 4) is 0 Å². The van der Waals surface area contributed by atoms with Gasteiger partial charge in [-0.25, -0.2) is 0 Å². The van der Waals surface area contributed by atoms with Crippen LogP contribution in [0.1, 0.15) is 18.4 Å². The Bertz CT molecular complexity index is 484. The molecule has 1 aromatic rings. The van der Waals surface area contributed by atoms with Crippen molar-refractivity contribution in [3.05, 3.63) is 47.0 Å². The molecule has 2 rings (SSSR count). The topological polar surface area (TPSA) is 36.4 Å². The van der Waals surface area contributed by atoms with Crippen LogP contribution in [0.5, 0.6) is 0 Å². The molecule has 0 aromatic heterocycles. The van der Waals surface area contributed by atoms with Crippen LogP contribution in [-0.4, -0.2) is 26.1 Å². The van der Waals surface area contributed by atoms with Crippen molar-refractivity contribution < 1.29 is 0 Å². The molecule has 1 fully saturated rings. The van der Waals surface area contributed by atoms with Crippen LogP contribution < -0.4 is 10.6 Å². The third-order valence-electron chi connectivity index (χ3n) is 3.52. The Morgan fingerprint density at radius 2 is 2.20 bits per heavy atom. The van der Waals surface area contributed by atoms with Gasteiger partial charge in [0.15, 0.2) is 5.96 Å². The lowest BCUT2D eigenvalue weighted by Gasteiger charge is -2.19. The van der Waals surface area contributed by atoms with Crippen LogP contribution >= 0.6 is 39.9 Å². The number of nitrogens with zero attached hydrogens (tertiary/aromatic N) is 1. The van der Waals surface area contributed by atoms with E-state index in [1.165, 1.54) is 18.4 Å². The van der Waals surface area contributed by atoms with Gasteiger partial charge < -0.3 is 10.6 Å². The van der Waals surface area contributed by atoms with E-state index in [4.69, 9.17) is 0 Å². The van der Waals surface area contributed by atoms with Gasteiger partial charge in [-0.1, -0.05) is 34.1 Å². The van der Waals surface area contributed by atoms with Crippen LogP contribution in [0.3, 0.4) is 0 Å². The smallest absolute Gasteiger partial charge is 0.191 e. The lowest BCUT2D eigenvalue weighted by atomic mass is 9.96. The van der Waals surface area contributed by atoms with Crippen LogP contribution in [0, 0.1) is 0 Å². The minimum atomic E-state index is 0. The van der Waals surface area contributed by atoms with Crippen molar-refractivity contribution in [1.82, 2.24) is 10.6 Å².